The summed E-state index contributed by atoms with van der Waals surface area (Å²) in [5, 5.41) is 3.52. The number of benzene rings is 2. The number of nitrogens with zero attached hydrogens (tertiary/aromatic N) is 1. The molecule has 166 valence electrons. The van der Waals surface area contributed by atoms with E-state index in [2.05, 4.69) is 5.32 Å². The molecule has 1 aliphatic rings. The summed E-state index contributed by atoms with van der Waals surface area (Å²) in [6.45, 7) is 1.80. The highest BCUT2D eigenvalue weighted by Crippen LogP contribution is 2.24. The normalized spacial score (nSPS) is 14.7. The largest absolute Gasteiger partial charge is 0.497 e. The van der Waals surface area contributed by atoms with Crippen molar-refractivity contribution in [3.05, 3.63) is 59.1 Å². The van der Waals surface area contributed by atoms with Gasteiger partial charge in [-0.1, -0.05) is 48.7 Å². The number of nitrogens with one attached hydrogen (secondary N) is 1. The van der Waals surface area contributed by atoms with Crippen molar-refractivity contribution in [3.63, 3.8) is 0 Å². The number of ether oxygens (including phenoxy) is 2. The number of hydrogen-bond donors (Lipinski definition) is 1. The van der Waals surface area contributed by atoms with Crippen molar-refractivity contribution in [2.24, 2.45) is 0 Å². The molecule has 1 saturated carbocycles. The van der Waals surface area contributed by atoms with Crippen LogP contribution in [0.15, 0.2) is 48.5 Å². The number of amides is 2. The lowest BCUT2D eigenvalue weighted by atomic mass is 10.1. The molecule has 31 heavy (non-hydrogen) atoms. The molecule has 2 aromatic rings. The molecular formula is C24H29ClN2O4. The average molecular weight is 445 g/mol. The van der Waals surface area contributed by atoms with Gasteiger partial charge in [0.15, 0.2) is 6.61 Å². The molecule has 1 aliphatic carbocycles. The van der Waals surface area contributed by atoms with Crippen molar-refractivity contribution in [2.75, 3.05) is 13.7 Å². The Hall–Kier alpha value is -2.73. The Morgan fingerprint density at radius 2 is 1.90 bits per heavy atom. The van der Waals surface area contributed by atoms with Gasteiger partial charge in [-0.2, -0.15) is 0 Å². The Morgan fingerprint density at radius 3 is 2.61 bits per heavy atom. The van der Waals surface area contributed by atoms with Gasteiger partial charge in [0.1, 0.15) is 17.5 Å². The van der Waals surface area contributed by atoms with Crippen LogP contribution in [0.2, 0.25) is 5.02 Å². The Labute approximate surface area is 188 Å². The van der Waals surface area contributed by atoms with Gasteiger partial charge in [-0.15, -0.1) is 0 Å². The second-order valence-electron chi connectivity index (χ2n) is 7.76. The van der Waals surface area contributed by atoms with Gasteiger partial charge < -0.3 is 19.7 Å². The number of hydrogen-bond acceptors (Lipinski definition) is 4. The summed E-state index contributed by atoms with van der Waals surface area (Å²) < 4.78 is 10.9. The van der Waals surface area contributed by atoms with Crippen molar-refractivity contribution in [3.8, 4) is 11.5 Å². The fraction of sp³-hybridized carbons (Fsp3) is 0.417. The van der Waals surface area contributed by atoms with Gasteiger partial charge in [0.2, 0.25) is 5.91 Å². The average Bonchev–Trinajstić information content (AvgIpc) is 3.29. The highest BCUT2D eigenvalue weighted by molar-refractivity contribution is 6.32. The van der Waals surface area contributed by atoms with Crippen molar-refractivity contribution >= 4 is 23.4 Å². The molecule has 0 unspecified atom stereocenters. The smallest absolute Gasteiger partial charge is 0.261 e. The van der Waals surface area contributed by atoms with Gasteiger partial charge in [0, 0.05) is 12.6 Å². The zero-order chi connectivity index (χ0) is 22.2. The van der Waals surface area contributed by atoms with E-state index >= 15 is 0 Å². The highest BCUT2D eigenvalue weighted by Gasteiger charge is 2.29. The van der Waals surface area contributed by atoms with Crippen LogP contribution in [0.3, 0.4) is 0 Å². The first-order valence-corrected chi connectivity index (χ1v) is 11.0. The van der Waals surface area contributed by atoms with E-state index in [1.54, 1.807) is 38.3 Å². The zero-order valence-electron chi connectivity index (χ0n) is 18.0. The first-order valence-electron chi connectivity index (χ1n) is 10.6. The maximum Gasteiger partial charge on any atom is 0.261 e. The zero-order valence-corrected chi connectivity index (χ0v) is 18.7. The Balaban J connectivity index is 1.73. The molecule has 0 saturated heterocycles. The Morgan fingerprint density at radius 1 is 1.16 bits per heavy atom. The molecule has 7 heteroatoms. The summed E-state index contributed by atoms with van der Waals surface area (Å²) in [4.78, 5) is 27.5. The molecule has 0 radical (unpaired) electrons. The van der Waals surface area contributed by atoms with Gasteiger partial charge in [-0.25, -0.2) is 0 Å². The van der Waals surface area contributed by atoms with Crippen molar-refractivity contribution < 1.29 is 19.1 Å². The summed E-state index contributed by atoms with van der Waals surface area (Å²) >= 11 is 6.13. The molecule has 1 fully saturated rings. The lowest BCUT2D eigenvalue weighted by Gasteiger charge is -2.29. The SMILES string of the molecule is COc1cccc(CN(C(=O)COc2ccccc2Cl)[C@@H](C)C(=O)NC2CCCC2)c1. The molecule has 0 aliphatic heterocycles. The molecule has 3 rings (SSSR count). The molecule has 1 atom stereocenters. The maximum atomic E-state index is 13.1. The number of para-hydroxylation sites is 1. The van der Waals surface area contributed by atoms with Gasteiger partial charge in [-0.05, 0) is 49.6 Å². The van der Waals surface area contributed by atoms with Crippen LogP contribution < -0.4 is 14.8 Å². The van der Waals surface area contributed by atoms with Gasteiger partial charge in [-0.3, -0.25) is 9.59 Å². The quantitative estimate of drug-likeness (QED) is 0.629. The van der Waals surface area contributed by atoms with Gasteiger partial charge in [0.25, 0.3) is 5.91 Å². The van der Waals surface area contributed by atoms with Gasteiger partial charge >= 0.3 is 0 Å². The summed E-state index contributed by atoms with van der Waals surface area (Å²) in [6, 6.07) is 14.0. The summed E-state index contributed by atoms with van der Waals surface area (Å²) in [6.07, 6.45) is 4.21. The molecule has 6 nitrogen and oxygen atoms in total. The molecular weight excluding hydrogens is 416 g/mol. The van der Waals surface area contributed by atoms with E-state index in [1.807, 2.05) is 24.3 Å². The standard InChI is InChI=1S/C24H29ClN2O4/c1-17(24(29)26-19-9-3-4-10-19)27(15-18-8-7-11-20(14-18)30-2)23(28)16-31-22-13-6-5-12-21(22)25/h5-8,11-14,17,19H,3-4,9-10,15-16H2,1-2H3,(H,26,29)/t17-/m0/s1. The second kappa shape index (κ2) is 11.0. The highest BCUT2D eigenvalue weighted by atomic mass is 35.5. The topological polar surface area (TPSA) is 67.9 Å². The monoisotopic (exact) mass is 444 g/mol. The number of carbonyl (C=O) groups excluding carboxylic acids is 2. The lowest BCUT2D eigenvalue weighted by Crippen LogP contribution is -2.50. The van der Waals surface area contributed by atoms with E-state index in [1.165, 1.54) is 4.90 Å². The maximum absolute atomic E-state index is 13.1. The number of methoxy groups -OCH3 is 1. The van der Waals surface area contributed by atoms with Crippen molar-refractivity contribution in [1.82, 2.24) is 10.2 Å². The molecule has 0 spiro atoms. The van der Waals surface area contributed by atoms with Crippen molar-refractivity contribution in [2.45, 2.75) is 51.2 Å². The number of rotatable bonds is 9. The fourth-order valence-corrected chi connectivity index (χ4v) is 3.92. The van der Waals surface area contributed by atoms with E-state index in [9.17, 15) is 9.59 Å². The summed E-state index contributed by atoms with van der Waals surface area (Å²) in [7, 11) is 1.59. The minimum absolute atomic E-state index is 0.152. The van der Waals surface area contributed by atoms with Crippen LogP contribution >= 0.6 is 11.6 Å². The van der Waals surface area contributed by atoms with E-state index in [4.69, 9.17) is 21.1 Å². The van der Waals surface area contributed by atoms with Crippen LogP contribution in [0.25, 0.3) is 0 Å². The van der Waals surface area contributed by atoms with Crippen LogP contribution in [0.4, 0.5) is 0 Å². The predicted molar refractivity (Wildman–Crippen MR) is 120 cm³/mol. The van der Waals surface area contributed by atoms with E-state index in [-0.39, 0.29) is 31.0 Å². The number of halogens is 1. The van der Waals surface area contributed by atoms with Crippen LogP contribution in [-0.2, 0) is 16.1 Å². The lowest BCUT2D eigenvalue weighted by molar-refractivity contribution is -0.142. The minimum Gasteiger partial charge on any atom is -0.497 e. The van der Waals surface area contributed by atoms with E-state index in [0.717, 1.165) is 31.2 Å². The van der Waals surface area contributed by atoms with E-state index in [0.29, 0.717) is 16.5 Å². The first kappa shape index (κ1) is 22.9. The van der Waals surface area contributed by atoms with Crippen molar-refractivity contribution in [1.29, 1.82) is 0 Å². The van der Waals surface area contributed by atoms with Crippen LogP contribution in [0.1, 0.15) is 38.2 Å². The second-order valence-corrected chi connectivity index (χ2v) is 8.17. The van der Waals surface area contributed by atoms with Gasteiger partial charge in [0.05, 0.1) is 12.1 Å². The van der Waals surface area contributed by atoms with Crippen LogP contribution in [0, 0.1) is 0 Å². The molecule has 0 aromatic heterocycles. The predicted octanol–water partition coefficient (Wildman–Crippen LogP) is 4.20. The van der Waals surface area contributed by atoms with Crippen LogP contribution in [0.5, 0.6) is 11.5 Å². The van der Waals surface area contributed by atoms with E-state index < -0.39 is 6.04 Å². The third-order valence-corrected chi connectivity index (χ3v) is 5.86. The fourth-order valence-electron chi connectivity index (χ4n) is 3.73. The third kappa shape index (κ3) is 6.37. The Bertz CT molecular complexity index is 899. The Kier molecular flexibility index (Phi) is 8.18. The summed E-state index contributed by atoms with van der Waals surface area (Å²) in [5.74, 6) is 0.680. The minimum atomic E-state index is -0.644. The molecule has 2 aromatic carbocycles. The summed E-state index contributed by atoms with van der Waals surface area (Å²) in [5.41, 5.74) is 0.867. The third-order valence-electron chi connectivity index (χ3n) is 5.54. The number of carbonyl (C=O) groups is 2. The van der Waals surface area contributed by atoms with Crippen LogP contribution in [-0.4, -0.2) is 42.5 Å². The molecule has 1 N–H and O–H groups in total. The molecule has 0 bridgehead atoms. The molecule has 0 heterocycles. The molecule has 2 amide bonds. The first-order chi connectivity index (χ1) is 15.0.